The van der Waals surface area contributed by atoms with Crippen LogP contribution in [0.5, 0.6) is 0 Å². The number of para-hydroxylation sites is 1. The Morgan fingerprint density at radius 1 is 1.34 bits per heavy atom. The number of aryl methyl sites for hydroxylation is 1. The lowest BCUT2D eigenvalue weighted by atomic mass is 9.79. The Balaban J connectivity index is 0.00000240. The third kappa shape index (κ3) is 4.70. The third-order valence-corrected chi connectivity index (χ3v) is 6.14. The number of nitrogens with one attached hydrogen (secondary N) is 3. The van der Waals surface area contributed by atoms with Gasteiger partial charge in [0.25, 0.3) is 0 Å². The highest BCUT2D eigenvalue weighted by Gasteiger charge is 2.42. The molecule has 0 aliphatic carbocycles. The van der Waals surface area contributed by atoms with Crippen molar-refractivity contribution >= 4 is 46.7 Å². The number of nitrogens with zero attached hydrogens (tertiary/aromatic N) is 2. The van der Waals surface area contributed by atoms with Crippen molar-refractivity contribution in [1.82, 2.24) is 20.5 Å². The second-order valence-corrected chi connectivity index (χ2v) is 8.24. The topological polar surface area (TPSA) is 72.5 Å². The number of H-pyrrole nitrogens is 1. The van der Waals surface area contributed by atoms with Gasteiger partial charge in [-0.25, -0.2) is 0 Å². The predicted molar refractivity (Wildman–Crippen MR) is 129 cm³/mol. The maximum Gasteiger partial charge on any atom is 0.220 e. The fourth-order valence-electron chi connectivity index (χ4n) is 4.79. The number of fused-ring (bicyclic) bond motifs is 1. The van der Waals surface area contributed by atoms with Crippen LogP contribution in [0.4, 0.5) is 0 Å². The summed E-state index contributed by atoms with van der Waals surface area (Å²) in [6, 6.07) is 8.47. The molecule has 1 aromatic carbocycles. The summed E-state index contributed by atoms with van der Waals surface area (Å²) in [6.45, 7) is 8.58. The number of aromatic nitrogens is 1. The molecule has 0 radical (unpaired) electrons. The van der Waals surface area contributed by atoms with E-state index in [0.717, 1.165) is 57.9 Å². The van der Waals surface area contributed by atoms with Gasteiger partial charge in [0, 0.05) is 61.2 Å². The van der Waals surface area contributed by atoms with Crippen LogP contribution in [0.2, 0.25) is 0 Å². The maximum absolute atomic E-state index is 11.8. The zero-order valence-corrected chi connectivity index (χ0v) is 19.7. The van der Waals surface area contributed by atoms with Crippen molar-refractivity contribution < 1.29 is 4.79 Å². The molecule has 7 heteroatoms. The van der Waals surface area contributed by atoms with Crippen molar-refractivity contribution in [3.05, 3.63) is 35.5 Å². The van der Waals surface area contributed by atoms with Crippen molar-refractivity contribution in [2.24, 2.45) is 10.4 Å². The van der Waals surface area contributed by atoms with Gasteiger partial charge in [-0.2, -0.15) is 0 Å². The van der Waals surface area contributed by atoms with Crippen LogP contribution in [0.25, 0.3) is 10.9 Å². The molecule has 2 fully saturated rings. The molecular weight excluding hydrogens is 477 g/mol. The molecule has 6 nitrogen and oxygen atoms in total. The normalized spacial score (nSPS) is 22.1. The van der Waals surface area contributed by atoms with Crippen molar-refractivity contribution in [2.75, 3.05) is 32.7 Å². The molecule has 2 saturated heterocycles. The average molecular weight is 509 g/mol. The third-order valence-electron chi connectivity index (χ3n) is 6.14. The number of guanidine groups is 1. The van der Waals surface area contributed by atoms with Crippen molar-refractivity contribution in [3.8, 4) is 0 Å². The molecule has 0 bridgehead atoms. The van der Waals surface area contributed by atoms with Crippen LogP contribution in [-0.2, 0) is 11.2 Å². The first kappa shape index (κ1) is 21.9. The maximum atomic E-state index is 11.8. The number of amides is 1. The van der Waals surface area contributed by atoms with Crippen molar-refractivity contribution in [2.45, 2.75) is 39.5 Å². The van der Waals surface area contributed by atoms with Crippen LogP contribution < -0.4 is 10.6 Å². The number of piperidine rings is 1. The van der Waals surface area contributed by atoms with E-state index in [0.29, 0.717) is 6.42 Å². The fraction of sp³-hybridized carbons (Fsp3) is 0.545. The number of halogens is 1. The van der Waals surface area contributed by atoms with Crippen LogP contribution in [-0.4, -0.2) is 54.5 Å². The molecule has 3 heterocycles. The van der Waals surface area contributed by atoms with Gasteiger partial charge in [-0.15, -0.1) is 24.0 Å². The number of likely N-dealkylation sites (tertiary alicyclic amines) is 1. The number of carbonyl (C=O) groups is 1. The molecule has 2 aliphatic heterocycles. The lowest BCUT2D eigenvalue weighted by Crippen LogP contribution is -2.51. The Hall–Kier alpha value is -1.77. The molecule has 1 aromatic heterocycles. The Labute approximate surface area is 189 Å². The van der Waals surface area contributed by atoms with E-state index in [9.17, 15) is 4.79 Å². The van der Waals surface area contributed by atoms with Crippen LogP contribution in [0.1, 0.15) is 37.4 Å². The lowest BCUT2D eigenvalue weighted by Gasteiger charge is -2.40. The minimum Gasteiger partial charge on any atom is -0.358 e. The van der Waals surface area contributed by atoms with E-state index in [-0.39, 0.29) is 35.3 Å². The van der Waals surface area contributed by atoms with Gasteiger partial charge in [0.05, 0.1) is 0 Å². The Morgan fingerprint density at radius 3 is 2.93 bits per heavy atom. The van der Waals surface area contributed by atoms with Crippen LogP contribution in [0, 0.1) is 12.3 Å². The van der Waals surface area contributed by atoms with Gasteiger partial charge >= 0.3 is 0 Å². The molecule has 0 saturated carbocycles. The van der Waals surface area contributed by atoms with Gasteiger partial charge in [-0.3, -0.25) is 9.79 Å². The largest absolute Gasteiger partial charge is 0.358 e. The monoisotopic (exact) mass is 509 g/mol. The van der Waals surface area contributed by atoms with Gasteiger partial charge in [0.15, 0.2) is 5.96 Å². The number of aliphatic imine (C=N–C) groups is 1. The predicted octanol–water partition coefficient (Wildman–Crippen LogP) is 3.20. The standard InChI is InChI=1S/C22H31N5O.HI/c1-3-23-21(27-12-6-10-22(15-27)13-20(28)25-14-22)24-11-9-17-16(2)26-19-8-5-4-7-18(17)19;/h4-5,7-8,26H,3,6,9-15H2,1-2H3,(H,23,24)(H,25,28);1H. The summed E-state index contributed by atoms with van der Waals surface area (Å²) in [6.07, 6.45) is 3.80. The van der Waals surface area contributed by atoms with E-state index in [2.05, 4.69) is 58.6 Å². The fourth-order valence-corrected chi connectivity index (χ4v) is 4.79. The highest BCUT2D eigenvalue weighted by Crippen LogP contribution is 2.36. The second-order valence-electron chi connectivity index (χ2n) is 8.24. The summed E-state index contributed by atoms with van der Waals surface area (Å²) >= 11 is 0. The molecule has 1 amide bonds. The van der Waals surface area contributed by atoms with Gasteiger partial charge in [0.1, 0.15) is 0 Å². The summed E-state index contributed by atoms with van der Waals surface area (Å²) in [5.74, 6) is 1.18. The first-order valence-electron chi connectivity index (χ1n) is 10.5. The summed E-state index contributed by atoms with van der Waals surface area (Å²) in [4.78, 5) is 22.6. The Morgan fingerprint density at radius 2 is 2.17 bits per heavy atom. The molecule has 2 aliphatic rings. The SMILES string of the molecule is CCNC(=NCCc1c(C)[nH]c2ccccc12)N1CCCC2(CNC(=O)C2)C1.I. The van der Waals surface area contributed by atoms with Crippen LogP contribution in [0.3, 0.4) is 0 Å². The van der Waals surface area contributed by atoms with Crippen molar-refractivity contribution in [1.29, 1.82) is 0 Å². The number of hydrogen-bond donors (Lipinski definition) is 3. The molecule has 2 aromatic rings. The molecular formula is C22H32IN5O. The number of rotatable bonds is 4. The van der Waals surface area contributed by atoms with Gasteiger partial charge in [-0.1, -0.05) is 18.2 Å². The average Bonchev–Trinajstić information content (AvgIpc) is 3.20. The van der Waals surface area contributed by atoms with E-state index < -0.39 is 0 Å². The van der Waals surface area contributed by atoms with E-state index in [1.165, 1.54) is 22.2 Å². The minimum absolute atomic E-state index is 0. The van der Waals surface area contributed by atoms with E-state index in [1.54, 1.807) is 0 Å². The van der Waals surface area contributed by atoms with E-state index in [4.69, 9.17) is 4.99 Å². The first-order valence-corrected chi connectivity index (χ1v) is 10.5. The Kier molecular flexibility index (Phi) is 7.08. The molecule has 158 valence electrons. The number of hydrogen-bond acceptors (Lipinski definition) is 2. The second kappa shape index (κ2) is 9.36. The molecule has 1 spiro atoms. The minimum atomic E-state index is 0. The summed E-state index contributed by atoms with van der Waals surface area (Å²) < 4.78 is 0. The van der Waals surface area contributed by atoms with E-state index in [1.807, 2.05) is 0 Å². The summed E-state index contributed by atoms with van der Waals surface area (Å²) in [7, 11) is 0. The lowest BCUT2D eigenvalue weighted by molar-refractivity contribution is -0.119. The quantitative estimate of drug-likeness (QED) is 0.337. The highest BCUT2D eigenvalue weighted by molar-refractivity contribution is 14.0. The molecule has 1 atom stereocenters. The Bertz CT molecular complexity index is 892. The van der Waals surface area contributed by atoms with E-state index >= 15 is 0 Å². The molecule has 4 rings (SSSR count). The summed E-state index contributed by atoms with van der Waals surface area (Å²) in [5, 5.41) is 7.79. The summed E-state index contributed by atoms with van der Waals surface area (Å²) in [5.41, 5.74) is 3.87. The molecule has 1 unspecified atom stereocenters. The number of aromatic amines is 1. The zero-order valence-electron chi connectivity index (χ0n) is 17.4. The molecule has 3 N–H and O–H groups in total. The highest BCUT2D eigenvalue weighted by atomic mass is 127. The zero-order chi connectivity index (χ0) is 19.6. The van der Waals surface area contributed by atoms with Crippen molar-refractivity contribution in [3.63, 3.8) is 0 Å². The smallest absolute Gasteiger partial charge is 0.220 e. The molecule has 29 heavy (non-hydrogen) atoms. The van der Waals surface area contributed by atoms with Gasteiger partial charge < -0.3 is 20.5 Å². The van der Waals surface area contributed by atoms with Gasteiger partial charge in [0.2, 0.25) is 5.91 Å². The first-order chi connectivity index (χ1) is 13.6. The van der Waals surface area contributed by atoms with Crippen LogP contribution in [0.15, 0.2) is 29.3 Å². The number of carbonyl (C=O) groups excluding carboxylic acids is 1. The van der Waals surface area contributed by atoms with Crippen LogP contribution >= 0.6 is 24.0 Å². The van der Waals surface area contributed by atoms with Gasteiger partial charge in [-0.05, 0) is 44.7 Å². The number of benzene rings is 1.